The van der Waals surface area contributed by atoms with E-state index >= 15 is 0 Å². The van der Waals surface area contributed by atoms with Crippen molar-refractivity contribution in [2.45, 2.75) is 38.8 Å². The van der Waals surface area contributed by atoms with Crippen LogP contribution in [0, 0.1) is 0 Å². The molecule has 1 rings (SSSR count). The SMILES string of the molecule is CC(C)(C)OC(=O)C(N)Cc1cocn1. The van der Waals surface area contributed by atoms with Gasteiger partial charge in [0.1, 0.15) is 17.9 Å². The van der Waals surface area contributed by atoms with Crippen molar-refractivity contribution < 1.29 is 13.9 Å². The van der Waals surface area contributed by atoms with Crippen molar-refractivity contribution in [3.8, 4) is 0 Å². The summed E-state index contributed by atoms with van der Waals surface area (Å²) >= 11 is 0. The van der Waals surface area contributed by atoms with Gasteiger partial charge in [-0.2, -0.15) is 0 Å². The first-order valence-corrected chi connectivity index (χ1v) is 4.74. The number of hydrogen-bond acceptors (Lipinski definition) is 5. The van der Waals surface area contributed by atoms with Crippen LogP contribution in [0.25, 0.3) is 0 Å². The van der Waals surface area contributed by atoms with Crippen molar-refractivity contribution in [3.63, 3.8) is 0 Å². The molecular weight excluding hydrogens is 196 g/mol. The van der Waals surface area contributed by atoms with E-state index in [1.165, 1.54) is 12.7 Å². The first kappa shape index (κ1) is 11.7. The molecule has 2 N–H and O–H groups in total. The molecule has 0 fully saturated rings. The third kappa shape index (κ3) is 4.12. The molecule has 0 saturated carbocycles. The third-order valence-electron chi connectivity index (χ3n) is 1.62. The summed E-state index contributed by atoms with van der Waals surface area (Å²) in [6.45, 7) is 5.40. The molecule has 0 bridgehead atoms. The Kier molecular flexibility index (Phi) is 3.47. The molecule has 0 amide bonds. The third-order valence-corrected chi connectivity index (χ3v) is 1.62. The summed E-state index contributed by atoms with van der Waals surface area (Å²) in [5, 5.41) is 0. The lowest BCUT2D eigenvalue weighted by molar-refractivity contribution is -0.156. The maximum absolute atomic E-state index is 11.5. The van der Waals surface area contributed by atoms with E-state index in [9.17, 15) is 4.79 Å². The molecule has 0 aliphatic heterocycles. The molecule has 0 saturated heterocycles. The van der Waals surface area contributed by atoms with Gasteiger partial charge in [-0.3, -0.25) is 4.79 Å². The van der Waals surface area contributed by atoms with Gasteiger partial charge >= 0.3 is 5.97 Å². The molecule has 0 aliphatic carbocycles. The Hall–Kier alpha value is -1.36. The van der Waals surface area contributed by atoms with Crippen LogP contribution in [0.15, 0.2) is 17.1 Å². The van der Waals surface area contributed by atoms with Crippen molar-refractivity contribution in [1.29, 1.82) is 0 Å². The summed E-state index contributed by atoms with van der Waals surface area (Å²) in [6.07, 6.45) is 3.09. The fraction of sp³-hybridized carbons (Fsp3) is 0.600. The van der Waals surface area contributed by atoms with Crippen LogP contribution >= 0.6 is 0 Å². The summed E-state index contributed by atoms with van der Waals surface area (Å²) in [5.41, 5.74) is 5.79. The Morgan fingerprint density at radius 3 is 2.80 bits per heavy atom. The molecule has 0 radical (unpaired) electrons. The van der Waals surface area contributed by atoms with Gasteiger partial charge in [-0.15, -0.1) is 0 Å². The van der Waals surface area contributed by atoms with Crippen molar-refractivity contribution in [1.82, 2.24) is 4.98 Å². The summed E-state index contributed by atoms with van der Waals surface area (Å²) in [4.78, 5) is 15.4. The number of oxazole rings is 1. The molecule has 1 heterocycles. The second kappa shape index (κ2) is 4.44. The number of rotatable bonds is 3. The van der Waals surface area contributed by atoms with Gasteiger partial charge in [-0.1, -0.05) is 0 Å². The number of nitrogens with zero attached hydrogens (tertiary/aromatic N) is 1. The van der Waals surface area contributed by atoms with Crippen molar-refractivity contribution >= 4 is 5.97 Å². The van der Waals surface area contributed by atoms with Crippen LogP contribution in [0.1, 0.15) is 26.5 Å². The molecule has 0 aliphatic rings. The zero-order valence-electron chi connectivity index (χ0n) is 9.19. The fourth-order valence-corrected chi connectivity index (χ4v) is 1.02. The molecule has 1 aromatic rings. The summed E-state index contributed by atoms with van der Waals surface area (Å²) in [7, 11) is 0. The zero-order chi connectivity index (χ0) is 11.5. The minimum Gasteiger partial charge on any atom is -0.459 e. The van der Waals surface area contributed by atoms with Gasteiger partial charge in [0.05, 0.1) is 5.69 Å². The predicted molar refractivity (Wildman–Crippen MR) is 54.0 cm³/mol. The largest absolute Gasteiger partial charge is 0.459 e. The number of aromatic nitrogens is 1. The molecular formula is C10H16N2O3. The average molecular weight is 212 g/mol. The second-order valence-corrected chi connectivity index (χ2v) is 4.32. The number of carbonyl (C=O) groups is 1. The average Bonchev–Trinajstić information content (AvgIpc) is 2.53. The van der Waals surface area contributed by atoms with Crippen LogP contribution < -0.4 is 5.73 Å². The van der Waals surface area contributed by atoms with E-state index in [0.29, 0.717) is 12.1 Å². The van der Waals surface area contributed by atoms with Crippen molar-refractivity contribution in [2.75, 3.05) is 0 Å². The Bertz CT molecular complexity index is 314. The number of carbonyl (C=O) groups excluding carboxylic acids is 1. The molecule has 0 spiro atoms. The highest BCUT2D eigenvalue weighted by molar-refractivity contribution is 5.76. The van der Waals surface area contributed by atoms with E-state index in [4.69, 9.17) is 14.9 Å². The molecule has 1 aromatic heterocycles. The Morgan fingerprint density at radius 2 is 2.33 bits per heavy atom. The Labute approximate surface area is 88.6 Å². The first-order chi connectivity index (χ1) is 6.88. The van der Waals surface area contributed by atoms with Gasteiger partial charge in [0, 0.05) is 6.42 Å². The van der Waals surface area contributed by atoms with E-state index in [1.54, 1.807) is 20.8 Å². The summed E-state index contributed by atoms with van der Waals surface area (Å²) in [6, 6.07) is -0.700. The van der Waals surface area contributed by atoms with E-state index < -0.39 is 17.6 Å². The summed E-state index contributed by atoms with van der Waals surface area (Å²) < 4.78 is 9.90. The van der Waals surface area contributed by atoms with Gasteiger partial charge in [0.15, 0.2) is 6.39 Å². The van der Waals surface area contributed by atoms with Gasteiger partial charge in [-0.05, 0) is 20.8 Å². The maximum Gasteiger partial charge on any atom is 0.323 e. The molecule has 1 atom stereocenters. The normalized spacial score (nSPS) is 13.6. The zero-order valence-corrected chi connectivity index (χ0v) is 9.19. The first-order valence-electron chi connectivity index (χ1n) is 4.74. The van der Waals surface area contributed by atoms with Crippen LogP contribution in [0.5, 0.6) is 0 Å². The highest BCUT2D eigenvalue weighted by atomic mass is 16.6. The fourth-order valence-electron chi connectivity index (χ4n) is 1.02. The number of ether oxygens (including phenoxy) is 1. The van der Waals surface area contributed by atoms with Crippen LogP contribution in [-0.4, -0.2) is 22.6 Å². The molecule has 5 heteroatoms. The lowest BCUT2D eigenvalue weighted by Crippen LogP contribution is -2.38. The molecule has 0 aromatic carbocycles. The van der Waals surface area contributed by atoms with Crippen LogP contribution in [0.4, 0.5) is 0 Å². The Balaban J connectivity index is 2.47. The lowest BCUT2D eigenvalue weighted by atomic mass is 10.1. The lowest BCUT2D eigenvalue weighted by Gasteiger charge is -2.21. The molecule has 84 valence electrons. The van der Waals surface area contributed by atoms with Crippen molar-refractivity contribution in [3.05, 3.63) is 18.4 Å². The predicted octanol–water partition coefficient (Wildman–Crippen LogP) is 0.886. The van der Waals surface area contributed by atoms with Gasteiger partial charge < -0.3 is 14.9 Å². The minimum atomic E-state index is -0.700. The smallest absolute Gasteiger partial charge is 0.323 e. The molecule has 1 unspecified atom stereocenters. The quantitative estimate of drug-likeness (QED) is 0.752. The van der Waals surface area contributed by atoms with Crippen molar-refractivity contribution in [2.24, 2.45) is 5.73 Å². The highest BCUT2D eigenvalue weighted by Gasteiger charge is 2.22. The minimum absolute atomic E-state index is 0.325. The van der Waals surface area contributed by atoms with E-state index in [1.807, 2.05) is 0 Å². The van der Waals surface area contributed by atoms with Crippen LogP contribution in [0.2, 0.25) is 0 Å². The number of hydrogen-bond donors (Lipinski definition) is 1. The highest BCUT2D eigenvalue weighted by Crippen LogP contribution is 2.09. The topological polar surface area (TPSA) is 78.4 Å². The number of esters is 1. The van der Waals surface area contributed by atoms with E-state index in [-0.39, 0.29) is 0 Å². The monoisotopic (exact) mass is 212 g/mol. The van der Waals surface area contributed by atoms with Gasteiger partial charge in [-0.25, -0.2) is 4.98 Å². The van der Waals surface area contributed by atoms with Gasteiger partial charge in [0.2, 0.25) is 0 Å². The van der Waals surface area contributed by atoms with E-state index in [0.717, 1.165) is 0 Å². The second-order valence-electron chi connectivity index (χ2n) is 4.32. The van der Waals surface area contributed by atoms with Crippen LogP contribution in [0.3, 0.4) is 0 Å². The van der Waals surface area contributed by atoms with Gasteiger partial charge in [0.25, 0.3) is 0 Å². The van der Waals surface area contributed by atoms with E-state index in [2.05, 4.69) is 4.98 Å². The number of nitrogens with two attached hydrogens (primary N) is 1. The standard InChI is InChI=1S/C10H16N2O3/c1-10(2,3)15-9(13)8(11)4-7-5-14-6-12-7/h5-6,8H,4,11H2,1-3H3. The Morgan fingerprint density at radius 1 is 1.67 bits per heavy atom. The maximum atomic E-state index is 11.5. The summed E-state index contributed by atoms with van der Waals surface area (Å²) in [5.74, 6) is -0.425. The van der Waals surface area contributed by atoms with Crippen LogP contribution in [-0.2, 0) is 16.0 Å². The molecule has 5 nitrogen and oxygen atoms in total. The molecule has 15 heavy (non-hydrogen) atoms.